The van der Waals surface area contributed by atoms with Crippen molar-refractivity contribution >= 4 is 17.4 Å². The summed E-state index contributed by atoms with van der Waals surface area (Å²) in [5, 5.41) is 31.8. The molecule has 9 heteroatoms. The highest BCUT2D eigenvalue weighted by molar-refractivity contribution is 6.31. The van der Waals surface area contributed by atoms with Gasteiger partial charge < -0.3 is 14.5 Å². The van der Waals surface area contributed by atoms with Gasteiger partial charge in [-0.15, -0.1) is 10.2 Å². The molecule has 0 amide bonds. The number of piperidine rings is 1. The number of anilines is 1. The molecule has 1 aliphatic heterocycles. The Bertz CT molecular complexity index is 1020. The summed E-state index contributed by atoms with van der Waals surface area (Å²) in [6.45, 7) is 1.10. The Morgan fingerprint density at radius 2 is 1.97 bits per heavy atom. The van der Waals surface area contributed by atoms with E-state index >= 15 is 0 Å². The number of aliphatic hydroxyl groups excluding tert-OH is 1. The van der Waals surface area contributed by atoms with E-state index in [0.29, 0.717) is 30.2 Å². The van der Waals surface area contributed by atoms with Gasteiger partial charge in [0.05, 0.1) is 11.5 Å². The Morgan fingerprint density at radius 1 is 1.17 bits per heavy atom. The number of nitriles is 1. The first-order chi connectivity index (χ1) is 14.1. The van der Waals surface area contributed by atoms with Crippen LogP contribution in [0.4, 0.5) is 5.82 Å². The molecule has 1 N–H and O–H groups in total. The predicted molar refractivity (Wildman–Crippen MR) is 106 cm³/mol. The molecule has 0 atom stereocenters. The maximum Gasteiger partial charge on any atom is 0.252 e. The van der Waals surface area contributed by atoms with Crippen LogP contribution in [0.15, 0.2) is 40.9 Å². The fourth-order valence-electron chi connectivity index (χ4n) is 3.53. The van der Waals surface area contributed by atoms with Crippen LogP contribution in [0.5, 0.6) is 0 Å². The van der Waals surface area contributed by atoms with Crippen LogP contribution < -0.4 is 4.90 Å². The molecule has 3 heterocycles. The van der Waals surface area contributed by atoms with Gasteiger partial charge in [-0.25, -0.2) is 0 Å². The fourth-order valence-corrected chi connectivity index (χ4v) is 3.74. The molecule has 0 aliphatic carbocycles. The van der Waals surface area contributed by atoms with Crippen LogP contribution >= 0.6 is 11.6 Å². The van der Waals surface area contributed by atoms with Crippen molar-refractivity contribution < 1.29 is 9.63 Å². The largest absolute Gasteiger partial charge is 0.387 e. The molecule has 0 saturated carbocycles. The van der Waals surface area contributed by atoms with Crippen LogP contribution in [0.2, 0.25) is 5.02 Å². The zero-order valence-corrected chi connectivity index (χ0v) is 16.4. The number of nitrogens with zero attached hydrogens (tertiary/aromatic N) is 6. The minimum absolute atomic E-state index is 0.133. The molecule has 2 aromatic heterocycles. The number of hydrogen-bond donors (Lipinski definition) is 1. The second-order valence-electron chi connectivity index (χ2n) is 7.09. The molecule has 3 aromatic rings. The lowest BCUT2D eigenvalue weighted by Gasteiger charge is -2.38. The fraction of sp³-hybridized carbons (Fsp3) is 0.350. The second kappa shape index (κ2) is 8.15. The molecule has 1 aromatic carbocycles. The average Bonchev–Trinajstić information content (AvgIpc) is 3.25. The van der Waals surface area contributed by atoms with Crippen molar-refractivity contribution in [1.82, 2.24) is 20.3 Å². The standard InChI is InChI=1S/C20H19ClN6O2/c21-15-4-2-1-3-14(15)11-20(13-22)7-9-27(10-8-20)17-6-5-16(24-25-17)19-23-18(12-28)29-26-19/h1-6,28H,7-12H2. The summed E-state index contributed by atoms with van der Waals surface area (Å²) in [4.78, 5) is 6.15. The Labute approximate surface area is 172 Å². The van der Waals surface area contributed by atoms with Gasteiger partial charge in [-0.2, -0.15) is 10.2 Å². The first-order valence-electron chi connectivity index (χ1n) is 9.30. The number of benzene rings is 1. The van der Waals surface area contributed by atoms with E-state index in [1.165, 1.54) is 0 Å². The van der Waals surface area contributed by atoms with Crippen LogP contribution in [-0.4, -0.2) is 38.5 Å². The molecule has 4 rings (SSSR count). The first-order valence-corrected chi connectivity index (χ1v) is 9.67. The van der Waals surface area contributed by atoms with Gasteiger partial charge in [0, 0.05) is 18.1 Å². The molecule has 29 heavy (non-hydrogen) atoms. The summed E-state index contributed by atoms with van der Waals surface area (Å²) in [6.07, 6.45) is 2.10. The first kappa shape index (κ1) is 19.3. The summed E-state index contributed by atoms with van der Waals surface area (Å²) in [7, 11) is 0. The summed E-state index contributed by atoms with van der Waals surface area (Å²) in [5.74, 6) is 1.16. The van der Waals surface area contributed by atoms with E-state index < -0.39 is 5.41 Å². The Morgan fingerprint density at radius 3 is 2.59 bits per heavy atom. The van der Waals surface area contributed by atoms with Crippen molar-refractivity contribution in [1.29, 1.82) is 5.26 Å². The van der Waals surface area contributed by atoms with Crippen molar-refractivity contribution in [2.75, 3.05) is 18.0 Å². The van der Waals surface area contributed by atoms with Gasteiger partial charge >= 0.3 is 0 Å². The van der Waals surface area contributed by atoms with E-state index in [0.717, 1.165) is 24.2 Å². The van der Waals surface area contributed by atoms with E-state index in [1.807, 2.05) is 30.3 Å². The second-order valence-corrected chi connectivity index (χ2v) is 7.50. The van der Waals surface area contributed by atoms with E-state index in [1.54, 1.807) is 6.07 Å². The van der Waals surface area contributed by atoms with Gasteiger partial charge in [-0.1, -0.05) is 35.0 Å². The van der Waals surface area contributed by atoms with Crippen LogP contribution in [0.1, 0.15) is 24.3 Å². The zero-order valence-electron chi connectivity index (χ0n) is 15.6. The highest BCUT2D eigenvalue weighted by atomic mass is 35.5. The molecular formula is C20H19ClN6O2. The van der Waals surface area contributed by atoms with Crippen LogP contribution in [-0.2, 0) is 13.0 Å². The highest BCUT2D eigenvalue weighted by Crippen LogP contribution is 2.37. The van der Waals surface area contributed by atoms with Gasteiger partial charge in [0.2, 0.25) is 5.82 Å². The summed E-state index contributed by atoms with van der Waals surface area (Å²) in [5.41, 5.74) is 1.05. The average molecular weight is 411 g/mol. The van der Waals surface area contributed by atoms with Crippen LogP contribution in [0.3, 0.4) is 0 Å². The van der Waals surface area contributed by atoms with E-state index in [2.05, 4.69) is 31.3 Å². The lowest BCUT2D eigenvalue weighted by molar-refractivity contribution is 0.222. The van der Waals surface area contributed by atoms with Crippen LogP contribution in [0, 0.1) is 16.7 Å². The number of hydrogen-bond acceptors (Lipinski definition) is 8. The van der Waals surface area contributed by atoms with Crippen molar-refractivity contribution in [2.24, 2.45) is 5.41 Å². The maximum absolute atomic E-state index is 9.86. The molecule has 148 valence electrons. The quantitative estimate of drug-likeness (QED) is 0.683. The predicted octanol–water partition coefficient (Wildman–Crippen LogP) is 3.03. The van der Waals surface area contributed by atoms with Gasteiger partial charge in [0.1, 0.15) is 12.3 Å². The highest BCUT2D eigenvalue weighted by Gasteiger charge is 2.36. The minimum atomic E-state index is -0.430. The van der Waals surface area contributed by atoms with Crippen molar-refractivity contribution in [3.63, 3.8) is 0 Å². The number of aliphatic hydroxyl groups is 1. The lowest BCUT2D eigenvalue weighted by atomic mass is 9.75. The molecule has 1 aliphatic rings. The molecule has 0 spiro atoms. The van der Waals surface area contributed by atoms with Crippen LogP contribution in [0.25, 0.3) is 11.5 Å². The smallest absolute Gasteiger partial charge is 0.252 e. The molecule has 0 unspecified atom stereocenters. The Hall–Kier alpha value is -3.02. The molecule has 8 nitrogen and oxygen atoms in total. The SMILES string of the molecule is N#CC1(Cc2ccccc2Cl)CCN(c2ccc(-c3noc(CO)n3)nn2)CC1. The van der Waals surface area contributed by atoms with Gasteiger partial charge in [0.25, 0.3) is 5.89 Å². The molecule has 0 bridgehead atoms. The number of aromatic nitrogens is 4. The summed E-state index contributed by atoms with van der Waals surface area (Å²) in [6, 6.07) is 13.8. The third kappa shape index (κ3) is 4.06. The topological polar surface area (TPSA) is 112 Å². The zero-order chi connectivity index (χ0) is 20.3. The Balaban J connectivity index is 1.43. The van der Waals surface area contributed by atoms with Crippen molar-refractivity contribution in [3.05, 3.63) is 52.9 Å². The lowest BCUT2D eigenvalue weighted by Crippen LogP contribution is -2.41. The monoisotopic (exact) mass is 410 g/mol. The van der Waals surface area contributed by atoms with Crippen molar-refractivity contribution in [2.45, 2.75) is 25.9 Å². The third-order valence-corrected chi connectivity index (χ3v) is 5.62. The van der Waals surface area contributed by atoms with E-state index in [9.17, 15) is 5.26 Å². The normalized spacial score (nSPS) is 15.8. The molecule has 0 radical (unpaired) electrons. The van der Waals surface area contributed by atoms with Gasteiger partial charge in [0.15, 0.2) is 5.82 Å². The van der Waals surface area contributed by atoms with E-state index in [4.69, 9.17) is 21.2 Å². The minimum Gasteiger partial charge on any atom is -0.387 e. The van der Waals surface area contributed by atoms with Gasteiger partial charge in [-0.05, 0) is 43.0 Å². The summed E-state index contributed by atoms with van der Waals surface area (Å²) < 4.78 is 4.88. The molecule has 1 fully saturated rings. The Kier molecular flexibility index (Phi) is 5.43. The number of rotatable bonds is 5. The third-order valence-electron chi connectivity index (χ3n) is 5.25. The van der Waals surface area contributed by atoms with Gasteiger partial charge in [-0.3, -0.25) is 0 Å². The maximum atomic E-state index is 9.86. The van der Waals surface area contributed by atoms with Crippen molar-refractivity contribution in [3.8, 4) is 17.6 Å². The molecular weight excluding hydrogens is 392 g/mol. The molecule has 1 saturated heterocycles. The number of halogens is 1. The summed E-state index contributed by atoms with van der Waals surface area (Å²) >= 11 is 6.29. The van der Waals surface area contributed by atoms with E-state index in [-0.39, 0.29) is 18.3 Å².